The Balaban J connectivity index is 1.96. The first-order valence-electron chi connectivity index (χ1n) is 8.45. The highest BCUT2D eigenvalue weighted by Gasteiger charge is 2.40. The third kappa shape index (κ3) is 4.45. The molecule has 1 saturated heterocycles. The molecule has 23 heavy (non-hydrogen) atoms. The van der Waals surface area contributed by atoms with Gasteiger partial charge in [0.2, 0.25) is 5.91 Å². The van der Waals surface area contributed by atoms with Gasteiger partial charge in [-0.1, -0.05) is 0 Å². The fourth-order valence-electron chi connectivity index (χ4n) is 3.47. The molecule has 0 unspecified atom stereocenters. The van der Waals surface area contributed by atoms with Crippen molar-refractivity contribution < 1.29 is 24.2 Å². The van der Waals surface area contributed by atoms with Crippen molar-refractivity contribution in [1.82, 2.24) is 4.90 Å². The number of carboxylic acids is 1. The second kappa shape index (κ2) is 6.89. The zero-order valence-corrected chi connectivity index (χ0v) is 14.2. The topological polar surface area (TPSA) is 83.9 Å². The van der Waals surface area contributed by atoms with Crippen molar-refractivity contribution >= 4 is 17.8 Å². The summed E-state index contributed by atoms with van der Waals surface area (Å²) in [6.45, 7) is 6.04. The van der Waals surface area contributed by atoms with Crippen molar-refractivity contribution in [3.05, 3.63) is 0 Å². The van der Waals surface area contributed by atoms with Crippen LogP contribution in [0.3, 0.4) is 0 Å². The third-order valence-corrected chi connectivity index (χ3v) is 4.64. The number of carboxylic acid groups (broad SMARTS) is 1. The number of likely N-dealkylation sites (tertiary alicyclic amines) is 1. The maximum absolute atomic E-state index is 12.7. The smallest absolute Gasteiger partial charge is 0.329 e. The van der Waals surface area contributed by atoms with Gasteiger partial charge in [0.15, 0.2) is 0 Å². The first kappa shape index (κ1) is 17.8. The molecule has 1 saturated carbocycles. The highest BCUT2D eigenvalue weighted by atomic mass is 16.6. The van der Waals surface area contributed by atoms with Gasteiger partial charge >= 0.3 is 11.9 Å². The van der Waals surface area contributed by atoms with E-state index in [2.05, 4.69) is 0 Å². The molecule has 0 aromatic heterocycles. The molecule has 0 bridgehead atoms. The van der Waals surface area contributed by atoms with E-state index in [-0.39, 0.29) is 23.7 Å². The van der Waals surface area contributed by atoms with E-state index in [1.807, 2.05) is 20.8 Å². The zero-order valence-electron chi connectivity index (χ0n) is 14.2. The summed E-state index contributed by atoms with van der Waals surface area (Å²) in [6.07, 6.45) is 3.71. The van der Waals surface area contributed by atoms with Crippen LogP contribution >= 0.6 is 0 Å². The van der Waals surface area contributed by atoms with Crippen LogP contribution in [0.1, 0.15) is 59.3 Å². The summed E-state index contributed by atoms with van der Waals surface area (Å²) in [5.41, 5.74) is -0.562. The Kier molecular flexibility index (Phi) is 5.32. The molecule has 0 spiro atoms. The summed E-state index contributed by atoms with van der Waals surface area (Å²) in [4.78, 5) is 37.7. The Morgan fingerprint density at radius 2 is 1.57 bits per heavy atom. The number of amides is 1. The number of aliphatic carboxylic acids is 1. The molecule has 0 aromatic rings. The van der Waals surface area contributed by atoms with Gasteiger partial charge < -0.3 is 14.7 Å². The molecule has 6 heteroatoms. The monoisotopic (exact) mass is 325 g/mol. The highest BCUT2D eigenvalue weighted by molar-refractivity contribution is 5.86. The van der Waals surface area contributed by atoms with E-state index in [9.17, 15) is 14.4 Å². The number of rotatable bonds is 3. The standard InChI is InChI=1S/C17H27NO5/c1-17(2,3)23-16(22)13-5-4-10-18(13)14(19)11-6-8-12(9-7-11)15(20)21/h11-13H,4-10H2,1-3H3,(H,20,21)/t11?,12?,13-/m0/s1. The minimum Gasteiger partial charge on any atom is -0.481 e. The number of esters is 1. The second-order valence-corrected chi connectivity index (χ2v) is 7.61. The van der Waals surface area contributed by atoms with E-state index < -0.39 is 17.6 Å². The lowest BCUT2D eigenvalue weighted by Gasteiger charge is -2.32. The number of hydrogen-bond donors (Lipinski definition) is 1. The minimum absolute atomic E-state index is 0.0119. The van der Waals surface area contributed by atoms with Gasteiger partial charge in [0.05, 0.1) is 5.92 Å². The van der Waals surface area contributed by atoms with E-state index in [1.54, 1.807) is 4.90 Å². The Hall–Kier alpha value is -1.59. The molecule has 1 heterocycles. The fraction of sp³-hybridized carbons (Fsp3) is 0.824. The molecule has 2 fully saturated rings. The Morgan fingerprint density at radius 3 is 2.09 bits per heavy atom. The average Bonchev–Trinajstić information content (AvgIpc) is 2.94. The average molecular weight is 325 g/mol. The SMILES string of the molecule is CC(C)(C)OC(=O)[C@@H]1CCCN1C(=O)C1CCC(C(=O)O)CC1. The normalized spacial score (nSPS) is 28.5. The van der Waals surface area contributed by atoms with E-state index in [0.29, 0.717) is 38.6 Å². The quantitative estimate of drug-likeness (QED) is 0.804. The molecule has 1 aliphatic carbocycles. The van der Waals surface area contributed by atoms with Crippen molar-refractivity contribution in [2.75, 3.05) is 6.54 Å². The number of nitrogens with zero attached hydrogens (tertiary/aromatic N) is 1. The maximum atomic E-state index is 12.7. The van der Waals surface area contributed by atoms with Gasteiger partial charge in [-0.25, -0.2) is 4.79 Å². The van der Waals surface area contributed by atoms with Gasteiger partial charge in [-0.3, -0.25) is 9.59 Å². The Bertz CT molecular complexity index is 474. The molecular weight excluding hydrogens is 298 g/mol. The summed E-state index contributed by atoms with van der Waals surface area (Å²) in [5, 5.41) is 9.04. The van der Waals surface area contributed by atoms with Gasteiger partial charge in [-0.15, -0.1) is 0 Å². The lowest BCUT2D eigenvalue weighted by atomic mass is 9.81. The van der Waals surface area contributed by atoms with E-state index >= 15 is 0 Å². The summed E-state index contributed by atoms with van der Waals surface area (Å²) < 4.78 is 5.43. The molecule has 1 amide bonds. The molecule has 2 rings (SSSR count). The Labute approximate surface area is 137 Å². The van der Waals surface area contributed by atoms with Crippen molar-refractivity contribution in [3.8, 4) is 0 Å². The largest absolute Gasteiger partial charge is 0.481 e. The number of carbonyl (C=O) groups is 3. The van der Waals surface area contributed by atoms with E-state index in [4.69, 9.17) is 9.84 Å². The maximum Gasteiger partial charge on any atom is 0.329 e. The van der Waals surface area contributed by atoms with Crippen LogP contribution in [0.25, 0.3) is 0 Å². The van der Waals surface area contributed by atoms with Gasteiger partial charge in [0.25, 0.3) is 0 Å². The predicted octanol–water partition coefficient (Wildman–Crippen LogP) is 2.21. The zero-order chi connectivity index (χ0) is 17.2. The third-order valence-electron chi connectivity index (χ3n) is 4.64. The molecule has 1 aliphatic heterocycles. The summed E-state index contributed by atoms with van der Waals surface area (Å²) in [7, 11) is 0. The van der Waals surface area contributed by atoms with Gasteiger partial charge in [-0.2, -0.15) is 0 Å². The van der Waals surface area contributed by atoms with Crippen LogP contribution in [0.4, 0.5) is 0 Å². The lowest BCUT2D eigenvalue weighted by Crippen LogP contribution is -2.46. The lowest BCUT2D eigenvalue weighted by molar-refractivity contribution is -0.164. The van der Waals surface area contributed by atoms with Crippen LogP contribution in [0.15, 0.2) is 0 Å². The first-order chi connectivity index (χ1) is 10.7. The van der Waals surface area contributed by atoms with Crippen LogP contribution < -0.4 is 0 Å². The first-order valence-corrected chi connectivity index (χ1v) is 8.45. The van der Waals surface area contributed by atoms with Gasteiger partial charge in [-0.05, 0) is 59.3 Å². The molecule has 0 aromatic carbocycles. The molecule has 1 N–H and O–H groups in total. The fourth-order valence-corrected chi connectivity index (χ4v) is 3.47. The molecule has 130 valence electrons. The summed E-state index contributed by atoms with van der Waals surface area (Å²) in [5.74, 6) is -1.61. The van der Waals surface area contributed by atoms with Gasteiger partial charge in [0, 0.05) is 12.5 Å². The van der Waals surface area contributed by atoms with Crippen molar-refractivity contribution in [2.24, 2.45) is 11.8 Å². The molecular formula is C17H27NO5. The van der Waals surface area contributed by atoms with Crippen LogP contribution in [0.2, 0.25) is 0 Å². The Morgan fingerprint density at radius 1 is 1.00 bits per heavy atom. The summed E-state index contributed by atoms with van der Waals surface area (Å²) in [6, 6.07) is -0.487. The highest BCUT2D eigenvalue weighted by Crippen LogP contribution is 2.32. The van der Waals surface area contributed by atoms with Crippen molar-refractivity contribution in [2.45, 2.75) is 70.9 Å². The van der Waals surface area contributed by atoms with Gasteiger partial charge in [0.1, 0.15) is 11.6 Å². The number of hydrogen-bond acceptors (Lipinski definition) is 4. The van der Waals surface area contributed by atoms with Crippen LogP contribution in [-0.4, -0.2) is 46.0 Å². The second-order valence-electron chi connectivity index (χ2n) is 7.61. The molecule has 2 aliphatic rings. The molecule has 1 atom stereocenters. The molecule has 0 radical (unpaired) electrons. The van der Waals surface area contributed by atoms with Crippen molar-refractivity contribution in [3.63, 3.8) is 0 Å². The summed E-state index contributed by atoms with van der Waals surface area (Å²) >= 11 is 0. The number of ether oxygens (including phenoxy) is 1. The van der Waals surface area contributed by atoms with E-state index in [1.165, 1.54) is 0 Å². The number of carbonyl (C=O) groups excluding carboxylic acids is 2. The van der Waals surface area contributed by atoms with Crippen LogP contribution in [0.5, 0.6) is 0 Å². The van der Waals surface area contributed by atoms with Crippen LogP contribution in [-0.2, 0) is 19.1 Å². The minimum atomic E-state index is -0.774. The predicted molar refractivity (Wildman–Crippen MR) is 83.7 cm³/mol. The van der Waals surface area contributed by atoms with E-state index in [0.717, 1.165) is 6.42 Å². The molecule has 6 nitrogen and oxygen atoms in total. The van der Waals surface area contributed by atoms with Crippen molar-refractivity contribution in [1.29, 1.82) is 0 Å². The van der Waals surface area contributed by atoms with Crippen LogP contribution in [0, 0.1) is 11.8 Å².